The highest BCUT2D eigenvalue weighted by molar-refractivity contribution is 5.42. The second kappa shape index (κ2) is 15.4. The minimum absolute atomic E-state index is 0.531. The fourth-order valence-electron chi connectivity index (χ4n) is 2.10. The third-order valence-electron chi connectivity index (χ3n) is 3.62. The van der Waals surface area contributed by atoms with Crippen LogP contribution < -0.4 is 21.7 Å². The van der Waals surface area contributed by atoms with E-state index in [1.54, 1.807) is 0 Å². The monoisotopic (exact) mass is 383 g/mol. The highest BCUT2D eigenvalue weighted by Gasteiger charge is 2.06. The Morgan fingerprint density at radius 2 is 1.37 bits per heavy atom. The van der Waals surface area contributed by atoms with Gasteiger partial charge in [0.05, 0.1) is 26.4 Å². The van der Waals surface area contributed by atoms with Crippen LogP contribution in [0.3, 0.4) is 0 Å². The van der Waals surface area contributed by atoms with Gasteiger partial charge in [-0.05, 0) is 18.8 Å². The van der Waals surface area contributed by atoms with Gasteiger partial charge in [-0.2, -0.15) is 15.0 Å². The van der Waals surface area contributed by atoms with E-state index in [-0.39, 0.29) is 0 Å². The van der Waals surface area contributed by atoms with E-state index in [2.05, 4.69) is 51.7 Å². The Hall–Kier alpha value is -1.71. The number of unbranched alkanes of at least 4 members (excludes halogenated alkanes) is 1. The minimum Gasteiger partial charge on any atom is -0.378 e. The molecule has 0 aliphatic heterocycles. The highest BCUT2D eigenvalue weighted by Crippen LogP contribution is 2.10. The molecule has 0 amide bonds. The van der Waals surface area contributed by atoms with E-state index in [0.29, 0.717) is 63.3 Å². The molecular formula is C18H37N7O2. The topological polar surface area (TPSA) is 119 Å². The molecule has 0 aromatic carbocycles. The zero-order chi connectivity index (χ0) is 19.7. The standard InChI is InChI=1S/C18H37N7O2/c1-4-5-8-20-16-23-17(21-9-6-15(2)3)25-18(24-16)22-10-12-27-14-13-26-11-7-19/h15H,4-14,19H2,1-3H3,(H3,20,21,22,23,24,25). The maximum atomic E-state index is 5.50. The van der Waals surface area contributed by atoms with E-state index in [9.17, 15) is 0 Å². The zero-order valence-electron chi connectivity index (χ0n) is 17.1. The summed E-state index contributed by atoms with van der Waals surface area (Å²) in [5.74, 6) is 2.34. The molecule has 0 radical (unpaired) electrons. The third-order valence-corrected chi connectivity index (χ3v) is 3.62. The summed E-state index contributed by atoms with van der Waals surface area (Å²) in [6.07, 6.45) is 3.26. The van der Waals surface area contributed by atoms with Gasteiger partial charge in [-0.3, -0.25) is 0 Å². The number of nitrogens with one attached hydrogen (secondary N) is 3. The lowest BCUT2D eigenvalue weighted by Crippen LogP contribution is -2.17. The van der Waals surface area contributed by atoms with Gasteiger partial charge in [0.2, 0.25) is 17.8 Å². The normalized spacial score (nSPS) is 11.0. The lowest BCUT2D eigenvalue weighted by atomic mass is 10.1. The van der Waals surface area contributed by atoms with Crippen LogP contribution in [0.5, 0.6) is 0 Å². The third kappa shape index (κ3) is 12.3. The number of ether oxygens (including phenoxy) is 2. The van der Waals surface area contributed by atoms with E-state index in [4.69, 9.17) is 15.2 Å². The zero-order valence-corrected chi connectivity index (χ0v) is 17.1. The molecule has 1 aromatic rings. The van der Waals surface area contributed by atoms with E-state index in [1.807, 2.05) is 0 Å². The van der Waals surface area contributed by atoms with E-state index in [1.165, 1.54) is 0 Å². The molecule has 0 atom stereocenters. The van der Waals surface area contributed by atoms with Crippen LogP contribution in [0, 0.1) is 5.92 Å². The summed E-state index contributed by atoms with van der Waals surface area (Å²) >= 11 is 0. The quantitative estimate of drug-likeness (QED) is 0.299. The molecule has 0 aliphatic carbocycles. The van der Waals surface area contributed by atoms with Crippen molar-refractivity contribution in [1.82, 2.24) is 15.0 Å². The first-order valence-electron chi connectivity index (χ1n) is 9.99. The summed E-state index contributed by atoms with van der Waals surface area (Å²) in [5.41, 5.74) is 5.36. The average Bonchev–Trinajstić information content (AvgIpc) is 2.64. The van der Waals surface area contributed by atoms with Crippen molar-refractivity contribution < 1.29 is 9.47 Å². The van der Waals surface area contributed by atoms with Gasteiger partial charge in [0.15, 0.2) is 0 Å². The molecule has 0 unspecified atom stereocenters. The largest absolute Gasteiger partial charge is 0.378 e. The fourth-order valence-corrected chi connectivity index (χ4v) is 2.10. The summed E-state index contributed by atoms with van der Waals surface area (Å²) in [6, 6.07) is 0. The van der Waals surface area contributed by atoms with Crippen molar-refractivity contribution in [2.45, 2.75) is 40.0 Å². The Bertz CT molecular complexity index is 489. The van der Waals surface area contributed by atoms with Crippen LogP contribution in [0.25, 0.3) is 0 Å². The summed E-state index contributed by atoms with van der Waals surface area (Å²) < 4.78 is 10.8. The van der Waals surface area contributed by atoms with E-state index >= 15 is 0 Å². The number of hydrogen-bond donors (Lipinski definition) is 4. The van der Waals surface area contributed by atoms with Crippen molar-refractivity contribution in [2.75, 3.05) is 68.6 Å². The molecule has 0 spiro atoms. The van der Waals surface area contributed by atoms with Gasteiger partial charge < -0.3 is 31.2 Å². The molecule has 0 fully saturated rings. The van der Waals surface area contributed by atoms with Crippen LogP contribution in [0.1, 0.15) is 40.0 Å². The lowest BCUT2D eigenvalue weighted by molar-refractivity contribution is 0.0547. The Morgan fingerprint density at radius 1 is 0.815 bits per heavy atom. The Kier molecular flexibility index (Phi) is 13.3. The van der Waals surface area contributed by atoms with Gasteiger partial charge in [-0.1, -0.05) is 27.2 Å². The van der Waals surface area contributed by atoms with E-state index in [0.717, 1.165) is 32.4 Å². The number of anilines is 3. The summed E-state index contributed by atoms with van der Waals surface area (Å²) in [4.78, 5) is 13.3. The molecule has 5 N–H and O–H groups in total. The Morgan fingerprint density at radius 3 is 1.93 bits per heavy atom. The van der Waals surface area contributed by atoms with Gasteiger partial charge in [-0.25, -0.2) is 0 Å². The molecule has 9 heteroatoms. The van der Waals surface area contributed by atoms with Gasteiger partial charge in [0.25, 0.3) is 0 Å². The van der Waals surface area contributed by atoms with Crippen molar-refractivity contribution in [3.05, 3.63) is 0 Å². The molecule has 27 heavy (non-hydrogen) atoms. The molecule has 1 aromatic heterocycles. The lowest BCUT2D eigenvalue weighted by Gasteiger charge is -2.12. The predicted molar refractivity (Wildman–Crippen MR) is 110 cm³/mol. The number of rotatable bonds is 17. The number of nitrogens with zero attached hydrogens (tertiary/aromatic N) is 3. The van der Waals surface area contributed by atoms with Crippen LogP contribution in [-0.2, 0) is 9.47 Å². The average molecular weight is 384 g/mol. The van der Waals surface area contributed by atoms with Gasteiger partial charge in [0.1, 0.15) is 0 Å². The number of hydrogen-bond acceptors (Lipinski definition) is 9. The molecule has 9 nitrogen and oxygen atoms in total. The Labute approximate surface area is 163 Å². The minimum atomic E-state index is 0.531. The van der Waals surface area contributed by atoms with Crippen molar-refractivity contribution in [2.24, 2.45) is 11.7 Å². The van der Waals surface area contributed by atoms with Gasteiger partial charge >= 0.3 is 0 Å². The molecule has 0 bridgehead atoms. The summed E-state index contributed by atoms with van der Waals surface area (Å²) in [7, 11) is 0. The maximum Gasteiger partial charge on any atom is 0.229 e. The van der Waals surface area contributed by atoms with Crippen molar-refractivity contribution in [1.29, 1.82) is 0 Å². The molecule has 1 rings (SSSR count). The molecule has 0 saturated heterocycles. The van der Waals surface area contributed by atoms with Crippen molar-refractivity contribution >= 4 is 17.8 Å². The summed E-state index contributed by atoms with van der Waals surface area (Å²) in [6.45, 7) is 11.6. The Balaban J connectivity index is 2.45. The van der Waals surface area contributed by atoms with Crippen LogP contribution in [-0.4, -0.2) is 67.6 Å². The van der Waals surface area contributed by atoms with Gasteiger partial charge in [-0.15, -0.1) is 0 Å². The first kappa shape index (κ1) is 23.3. The van der Waals surface area contributed by atoms with Gasteiger partial charge in [0, 0.05) is 26.2 Å². The van der Waals surface area contributed by atoms with Crippen LogP contribution in [0.15, 0.2) is 0 Å². The van der Waals surface area contributed by atoms with Crippen molar-refractivity contribution in [3.63, 3.8) is 0 Å². The number of aromatic nitrogens is 3. The summed E-state index contributed by atoms with van der Waals surface area (Å²) in [5, 5.41) is 9.72. The SMILES string of the molecule is CCCCNc1nc(NCCOCCOCCN)nc(NCCC(C)C)n1. The van der Waals surface area contributed by atoms with Crippen LogP contribution in [0.2, 0.25) is 0 Å². The smallest absolute Gasteiger partial charge is 0.229 e. The first-order valence-corrected chi connectivity index (χ1v) is 9.99. The molecule has 0 aliphatic rings. The van der Waals surface area contributed by atoms with E-state index < -0.39 is 0 Å². The molecule has 156 valence electrons. The fraction of sp³-hybridized carbons (Fsp3) is 0.833. The van der Waals surface area contributed by atoms with Crippen LogP contribution >= 0.6 is 0 Å². The maximum absolute atomic E-state index is 5.50. The highest BCUT2D eigenvalue weighted by atomic mass is 16.5. The predicted octanol–water partition coefficient (Wildman–Crippen LogP) is 1.95. The van der Waals surface area contributed by atoms with Crippen molar-refractivity contribution in [3.8, 4) is 0 Å². The van der Waals surface area contributed by atoms with Crippen LogP contribution in [0.4, 0.5) is 17.8 Å². The second-order valence-electron chi connectivity index (χ2n) is 6.64. The first-order chi connectivity index (χ1) is 13.2. The second-order valence-corrected chi connectivity index (χ2v) is 6.64. The molecule has 1 heterocycles. The molecular weight excluding hydrogens is 346 g/mol. The molecule has 0 saturated carbocycles. The number of nitrogens with two attached hydrogens (primary N) is 1.